The van der Waals surface area contributed by atoms with Gasteiger partial charge in [0.2, 0.25) is 0 Å². The van der Waals surface area contributed by atoms with E-state index in [1.807, 2.05) is 0 Å². The van der Waals surface area contributed by atoms with Gasteiger partial charge in [0.05, 0.1) is 0 Å². The molecule has 2 fully saturated rings. The SMILES string of the molecule is CCCN1CC2(C)CN(C)CC(C)(C1)C2. The van der Waals surface area contributed by atoms with Crippen LogP contribution in [0.3, 0.4) is 0 Å². The maximum Gasteiger partial charge on any atom is 0.00480 e. The lowest BCUT2D eigenvalue weighted by Gasteiger charge is -2.56. The Morgan fingerprint density at radius 2 is 1.53 bits per heavy atom. The summed E-state index contributed by atoms with van der Waals surface area (Å²) in [6, 6.07) is 0. The Kier molecular flexibility index (Phi) is 2.85. The fourth-order valence-electron chi connectivity index (χ4n) is 4.32. The number of piperidine rings is 2. The lowest BCUT2D eigenvalue weighted by Crippen LogP contribution is -2.61. The zero-order valence-corrected chi connectivity index (χ0v) is 10.8. The smallest absolute Gasteiger partial charge is 0.00480 e. The van der Waals surface area contributed by atoms with Gasteiger partial charge >= 0.3 is 0 Å². The third kappa shape index (κ3) is 2.36. The van der Waals surface area contributed by atoms with Gasteiger partial charge in [0, 0.05) is 26.2 Å². The number of fused-ring (bicyclic) bond motifs is 2. The van der Waals surface area contributed by atoms with Crippen LogP contribution in [0.2, 0.25) is 0 Å². The number of nitrogens with zero attached hydrogens (tertiary/aromatic N) is 2. The molecule has 2 heteroatoms. The average molecular weight is 210 g/mol. The van der Waals surface area contributed by atoms with Gasteiger partial charge in [-0.15, -0.1) is 0 Å². The number of rotatable bonds is 2. The molecule has 2 nitrogen and oxygen atoms in total. The summed E-state index contributed by atoms with van der Waals surface area (Å²) in [5, 5.41) is 0. The molecule has 0 aromatic rings. The fourth-order valence-corrected chi connectivity index (χ4v) is 4.32. The summed E-state index contributed by atoms with van der Waals surface area (Å²) in [6.07, 6.45) is 2.71. The Bertz CT molecular complexity index is 221. The van der Waals surface area contributed by atoms with Crippen LogP contribution in [0, 0.1) is 10.8 Å². The highest BCUT2D eigenvalue weighted by molar-refractivity contribution is 5.00. The minimum absolute atomic E-state index is 0.537. The van der Waals surface area contributed by atoms with Crippen molar-refractivity contribution in [3.05, 3.63) is 0 Å². The van der Waals surface area contributed by atoms with Gasteiger partial charge < -0.3 is 9.80 Å². The molecule has 0 saturated carbocycles. The molecule has 2 bridgehead atoms. The van der Waals surface area contributed by atoms with Crippen LogP contribution >= 0.6 is 0 Å². The fraction of sp³-hybridized carbons (Fsp3) is 1.00. The lowest BCUT2D eigenvalue weighted by molar-refractivity contribution is -0.0655. The maximum atomic E-state index is 2.69. The normalized spacial score (nSPS) is 43.2. The van der Waals surface area contributed by atoms with Crippen LogP contribution in [0.15, 0.2) is 0 Å². The largest absolute Gasteiger partial charge is 0.305 e. The molecule has 2 saturated heterocycles. The predicted octanol–water partition coefficient (Wildman–Crippen LogP) is 2.06. The highest BCUT2D eigenvalue weighted by Gasteiger charge is 2.46. The molecule has 0 N–H and O–H groups in total. The van der Waals surface area contributed by atoms with Gasteiger partial charge in [-0.25, -0.2) is 0 Å². The van der Waals surface area contributed by atoms with Crippen molar-refractivity contribution >= 4 is 0 Å². The Labute approximate surface area is 94.6 Å². The first-order valence-corrected chi connectivity index (χ1v) is 6.36. The number of likely N-dealkylation sites (tertiary alicyclic amines) is 2. The first-order chi connectivity index (χ1) is 6.95. The van der Waals surface area contributed by atoms with E-state index < -0.39 is 0 Å². The van der Waals surface area contributed by atoms with Crippen LogP contribution in [0.5, 0.6) is 0 Å². The molecule has 0 amide bonds. The topological polar surface area (TPSA) is 6.48 Å². The Morgan fingerprint density at radius 1 is 1.00 bits per heavy atom. The molecule has 0 aromatic heterocycles. The van der Waals surface area contributed by atoms with Gasteiger partial charge in [-0.2, -0.15) is 0 Å². The molecule has 0 spiro atoms. The second-order valence-electron chi connectivity index (χ2n) is 6.68. The molecule has 2 aliphatic rings. The van der Waals surface area contributed by atoms with Crippen molar-refractivity contribution in [3.8, 4) is 0 Å². The molecule has 0 aliphatic carbocycles. The summed E-state index contributed by atoms with van der Waals surface area (Å²) >= 11 is 0. The molecule has 88 valence electrons. The van der Waals surface area contributed by atoms with E-state index in [4.69, 9.17) is 0 Å². The third-order valence-electron chi connectivity index (χ3n) is 3.91. The average Bonchev–Trinajstić information content (AvgIpc) is 1.96. The molecule has 0 radical (unpaired) electrons. The minimum atomic E-state index is 0.537. The van der Waals surface area contributed by atoms with Crippen LogP contribution in [0.25, 0.3) is 0 Å². The second-order valence-corrected chi connectivity index (χ2v) is 6.68. The maximum absolute atomic E-state index is 2.69. The molecular formula is C13H26N2. The summed E-state index contributed by atoms with van der Waals surface area (Å²) in [5.41, 5.74) is 1.07. The van der Waals surface area contributed by atoms with Gasteiger partial charge in [-0.3, -0.25) is 0 Å². The van der Waals surface area contributed by atoms with Crippen molar-refractivity contribution in [2.75, 3.05) is 39.8 Å². The van der Waals surface area contributed by atoms with E-state index in [0.717, 1.165) is 0 Å². The Balaban J connectivity index is 2.12. The molecular weight excluding hydrogens is 184 g/mol. The van der Waals surface area contributed by atoms with Crippen LogP contribution in [-0.4, -0.2) is 49.6 Å². The minimum Gasteiger partial charge on any atom is -0.305 e. The van der Waals surface area contributed by atoms with E-state index in [1.165, 1.54) is 45.6 Å². The highest BCUT2D eigenvalue weighted by atomic mass is 15.2. The molecule has 0 aromatic carbocycles. The number of hydrogen-bond acceptors (Lipinski definition) is 2. The summed E-state index contributed by atoms with van der Waals surface area (Å²) in [7, 11) is 2.28. The van der Waals surface area contributed by atoms with Gasteiger partial charge in [-0.05, 0) is 37.3 Å². The van der Waals surface area contributed by atoms with Crippen molar-refractivity contribution in [2.45, 2.75) is 33.6 Å². The molecule has 2 rings (SSSR count). The van der Waals surface area contributed by atoms with Gasteiger partial charge in [0.1, 0.15) is 0 Å². The second kappa shape index (κ2) is 3.74. The summed E-state index contributed by atoms with van der Waals surface area (Å²) < 4.78 is 0. The predicted molar refractivity (Wildman–Crippen MR) is 65.1 cm³/mol. The monoisotopic (exact) mass is 210 g/mol. The first kappa shape index (κ1) is 11.4. The molecule has 2 atom stereocenters. The third-order valence-corrected chi connectivity index (χ3v) is 3.91. The summed E-state index contributed by atoms with van der Waals surface area (Å²) in [6.45, 7) is 13.7. The van der Waals surface area contributed by atoms with E-state index >= 15 is 0 Å². The molecule has 15 heavy (non-hydrogen) atoms. The van der Waals surface area contributed by atoms with Crippen molar-refractivity contribution in [3.63, 3.8) is 0 Å². The lowest BCUT2D eigenvalue weighted by atomic mass is 9.65. The van der Waals surface area contributed by atoms with Crippen LogP contribution < -0.4 is 0 Å². The van der Waals surface area contributed by atoms with Crippen molar-refractivity contribution < 1.29 is 0 Å². The van der Waals surface area contributed by atoms with Crippen molar-refractivity contribution in [2.24, 2.45) is 10.8 Å². The van der Waals surface area contributed by atoms with E-state index in [9.17, 15) is 0 Å². The Hall–Kier alpha value is -0.0800. The molecule has 2 heterocycles. The van der Waals surface area contributed by atoms with Crippen LogP contribution in [-0.2, 0) is 0 Å². The number of hydrogen-bond donors (Lipinski definition) is 0. The van der Waals surface area contributed by atoms with Gasteiger partial charge in [0.15, 0.2) is 0 Å². The van der Waals surface area contributed by atoms with E-state index in [2.05, 4.69) is 37.6 Å². The van der Waals surface area contributed by atoms with Crippen LogP contribution in [0.4, 0.5) is 0 Å². The standard InChI is InChI=1S/C13H26N2/c1-5-6-15-10-12(2)7-13(3,11-15)9-14(4)8-12/h5-11H2,1-4H3. The molecule has 2 aliphatic heterocycles. The Morgan fingerprint density at radius 3 is 2.00 bits per heavy atom. The van der Waals surface area contributed by atoms with Crippen molar-refractivity contribution in [1.29, 1.82) is 0 Å². The van der Waals surface area contributed by atoms with E-state index in [0.29, 0.717) is 10.8 Å². The zero-order valence-electron chi connectivity index (χ0n) is 10.8. The van der Waals surface area contributed by atoms with E-state index in [1.54, 1.807) is 0 Å². The highest BCUT2D eigenvalue weighted by Crippen LogP contribution is 2.44. The molecule has 2 unspecified atom stereocenters. The first-order valence-electron chi connectivity index (χ1n) is 6.36. The van der Waals surface area contributed by atoms with Gasteiger partial charge in [-0.1, -0.05) is 20.8 Å². The van der Waals surface area contributed by atoms with Crippen molar-refractivity contribution in [1.82, 2.24) is 9.80 Å². The van der Waals surface area contributed by atoms with Gasteiger partial charge in [0.25, 0.3) is 0 Å². The van der Waals surface area contributed by atoms with E-state index in [-0.39, 0.29) is 0 Å². The quantitative estimate of drug-likeness (QED) is 0.688. The summed E-state index contributed by atoms with van der Waals surface area (Å²) in [4.78, 5) is 5.23. The summed E-state index contributed by atoms with van der Waals surface area (Å²) in [5.74, 6) is 0. The zero-order chi connectivity index (χ0) is 11.1. The van der Waals surface area contributed by atoms with Crippen LogP contribution in [0.1, 0.15) is 33.6 Å².